The number of ether oxygens (including phenoxy) is 1. The molecule has 3 aliphatic rings. The van der Waals surface area contributed by atoms with Crippen LogP contribution in [-0.2, 0) is 16.1 Å². The summed E-state index contributed by atoms with van der Waals surface area (Å²) in [6, 6.07) is 14.7. The molecule has 0 unspecified atom stereocenters. The third-order valence-corrected chi connectivity index (χ3v) is 7.19. The van der Waals surface area contributed by atoms with E-state index in [-0.39, 0.29) is 17.9 Å². The Kier molecular flexibility index (Phi) is 5.04. The SMILES string of the molecule is O=CC1CCN(c2ccc([C@H]3c4ccc(O)cc4CO[C@H]3C3CCC3)cc2)CC1. The van der Waals surface area contributed by atoms with Crippen molar-refractivity contribution >= 4 is 12.0 Å². The molecule has 0 amide bonds. The molecule has 1 saturated heterocycles. The first-order valence-corrected chi connectivity index (χ1v) is 11.0. The fourth-order valence-corrected chi connectivity index (χ4v) is 5.21. The van der Waals surface area contributed by atoms with E-state index >= 15 is 0 Å². The van der Waals surface area contributed by atoms with E-state index in [0.29, 0.717) is 18.3 Å². The van der Waals surface area contributed by atoms with Gasteiger partial charge in [0.15, 0.2) is 0 Å². The molecule has 0 aromatic heterocycles. The van der Waals surface area contributed by atoms with Gasteiger partial charge in [0.25, 0.3) is 0 Å². The average Bonchev–Trinajstić information content (AvgIpc) is 2.73. The van der Waals surface area contributed by atoms with Crippen LogP contribution < -0.4 is 4.90 Å². The van der Waals surface area contributed by atoms with E-state index in [1.807, 2.05) is 6.07 Å². The van der Waals surface area contributed by atoms with Gasteiger partial charge >= 0.3 is 0 Å². The van der Waals surface area contributed by atoms with Crippen LogP contribution in [0, 0.1) is 11.8 Å². The van der Waals surface area contributed by atoms with Crippen molar-refractivity contribution in [1.82, 2.24) is 0 Å². The van der Waals surface area contributed by atoms with E-state index < -0.39 is 0 Å². The molecule has 2 aromatic rings. The summed E-state index contributed by atoms with van der Waals surface area (Å²) >= 11 is 0. The molecule has 0 bridgehead atoms. The van der Waals surface area contributed by atoms with Crippen molar-refractivity contribution in [2.24, 2.45) is 11.8 Å². The maximum atomic E-state index is 11.0. The number of aldehydes is 1. The predicted octanol–water partition coefficient (Wildman–Crippen LogP) is 4.64. The Morgan fingerprint density at radius 2 is 1.76 bits per heavy atom. The lowest BCUT2D eigenvalue weighted by Gasteiger charge is -2.42. The molecule has 5 rings (SSSR count). The van der Waals surface area contributed by atoms with Crippen LogP contribution in [0.1, 0.15) is 54.7 Å². The Balaban J connectivity index is 1.42. The molecule has 1 saturated carbocycles. The van der Waals surface area contributed by atoms with Crippen LogP contribution in [0.25, 0.3) is 0 Å². The molecule has 0 spiro atoms. The van der Waals surface area contributed by atoms with Gasteiger partial charge in [0.2, 0.25) is 0 Å². The third-order valence-electron chi connectivity index (χ3n) is 7.19. The summed E-state index contributed by atoms with van der Waals surface area (Å²) in [7, 11) is 0. The van der Waals surface area contributed by atoms with Crippen LogP contribution in [-0.4, -0.2) is 30.6 Å². The van der Waals surface area contributed by atoms with Crippen molar-refractivity contribution in [2.45, 2.75) is 50.7 Å². The summed E-state index contributed by atoms with van der Waals surface area (Å²) in [5.74, 6) is 1.38. The van der Waals surface area contributed by atoms with Gasteiger partial charge in [-0.2, -0.15) is 0 Å². The van der Waals surface area contributed by atoms with Gasteiger partial charge in [0, 0.05) is 30.6 Å². The first-order chi connectivity index (χ1) is 14.2. The monoisotopic (exact) mass is 391 g/mol. The molecule has 1 aliphatic carbocycles. The highest BCUT2D eigenvalue weighted by Gasteiger charge is 2.39. The van der Waals surface area contributed by atoms with Crippen LogP contribution in [0.15, 0.2) is 42.5 Å². The minimum atomic E-state index is 0.218. The molecule has 2 aliphatic heterocycles. The van der Waals surface area contributed by atoms with E-state index in [9.17, 15) is 9.90 Å². The van der Waals surface area contributed by atoms with E-state index in [1.165, 1.54) is 36.1 Å². The Morgan fingerprint density at radius 3 is 2.41 bits per heavy atom. The van der Waals surface area contributed by atoms with Gasteiger partial charge in [0.05, 0.1) is 12.7 Å². The lowest BCUT2D eigenvalue weighted by atomic mass is 9.71. The normalized spacial score (nSPS) is 25.3. The number of phenolic OH excluding ortho intramolecular Hbond substituents is 1. The molecule has 4 heteroatoms. The number of rotatable bonds is 4. The Labute approximate surface area is 172 Å². The number of aromatic hydroxyl groups is 1. The van der Waals surface area contributed by atoms with Gasteiger partial charge in [-0.3, -0.25) is 0 Å². The van der Waals surface area contributed by atoms with Crippen molar-refractivity contribution < 1.29 is 14.6 Å². The summed E-state index contributed by atoms with van der Waals surface area (Å²) in [4.78, 5) is 13.4. The largest absolute Gasteiger partial charge is 0.508 e. The van der Waals surface area contributed by atoms with Crippen LogP contribution in [0.5, 0.6) is 5.75 Å². The number of nitrogens with zero attached hydrogens (tertiary/aromatic N) is 1. The van der Waals surface area contributed by atoms with Gasteiger partial charge < -0.3 is 19.5 Å². The molecule has 4 nitrogen and oxygen atoms in total. The molecular formula is C25H29NO3. The molecular weight excluding hydrogens is 362 g/mol. The summed E-state index contributed by atoms with van der Waals surface area (Å²) in [5, 5.41) is 9.91. The fraction of sp³-hybridized carbons (Fsp3) is 0.480. The topological polar surface area (TPSA) is 49.8 Å². The second-order valence-corrected chi connectivity index (χ2v) is 8.88. The minimum absolute atomic E-state index is 0.218. The molecule has 0 radical (unpaired) electrons. The first kappa shape index (κ1) is 18.7. The number of fused-ring (bicyclic) bond motifs is 1. The minimum Gasteiger partial charge on any atom is -0.508 e. The summed E-state index contributed by atoms with van der Waals surface area (Å²) in [6.45, 7) is 2.48. The van der Waals surface area contributed by atoms with Crippen molar-refractivity contribution in [3.8, 4) is 5.75 Å². The third kappa shape index (κ3) is 3.55. The highest BCUT2D eigenvalue weighted by molar-refractivity contribution is 5.56. The molecule has 2 fully saturated rings. The van der Waals surface area contributed by atoms with Gasteiger partial charge in [-0.15, -0.1) is 0 Å². The number of carbonyl (C=O) groups is 1. The van der Waals surface area contributed by atoms with Crippen LogP contribution >= 0.6 is 0 Å². The van der Waals surface area contributed by atoms with Gasteiger partial charge in [-0.05, 0) is 72.6 Å². The second-order valence-electron chi connectivity index (χ2n) is 8.88. The quantitative estimate of drug-likeness (QED) is 0.772. The maximum absolute atomic E-state index is 11.0. The highest BCUT2D eigenvalue weighted by Crippen LogP contribution is 2.46. The number of phenols is 1. The fourth-order valence-electron chi connectivity index (χ4n) is 5.21. The predicted molar refractivity (Wildman–Crippen MR) is 113 cm³/mol. The number of hydrogen-bond acceptors (Lipinski definition) is 4. The van der Waals surface area contributed by atoms with Crippen LogP contribution in [0.2, 0.25) is 0 Å². The number of anilines is 1. The van der Waals surface area contributed by atoms with Crippen LogP contribution in [0.3, 0.4) is 0 Å². The second kappa shape index (κ2) is 7.83. The summed E-state index contributed by atoms with van der Waals surface area (Å²) in [6.07, 6.45) is 7.02. The molecule has 29 heavy (non-hydrogen) atoms. The van der Waals surface area contributed by atoms with Crippen molar-refractivity contribution in [2.75, 3.05) is 18.0 Å². The molecule has 152 valence electrons. The zero-order valence-electron chi connectivity index (χ0n) is 16.8. The van der Waals surface area contributed by atoms with E-state index in [4.69, 9.17) is 4.74 Å². The van der Waals surface area contributed by atoms with Crippen LogP contribution in [0.4, 0.5) is 5.69 Å². The number of hydrogen-bond donors (Lipinski definition) is 1. The van der Waals surface area contributed by atoms with Crippen molar-refractivity contribution in [3.63, 3.8) is 0 Å². The van der Waals surface area contributed by atoms with E-state index in [1.54, 1.807) is 6.07 Å². The Bertz CT molecular complexity index is 866. The molecule has 2 heterocycles. The zero-order valence-corrected chi connectivity index (χ0v) is 16.8. The van der Waals surface area contributed by atoms with Gasteiger partial charge in [-0.25, -0.2) is 0 Å². The summed E-state index contributed by atoms with van der Waals surface area (Å²) in [5.41, 5.74) is 4.93. The highest BCUT2D eigenvalue weighted by atomic mass is 16.5. The molecule has 1 N–H and O–H groups in total. The number of carbonyl (C=O) groups excluding carboxylic acids is 1. The molecule has 2 aromatic carbocycles. The number of piperidine rings is 1. The van der Waals surface area contributed by atoms with Gasteiger partial charge in [-0.1, -0.05) is 24.6 Å². The van der Waals surface area contributed by atoms with Crippen molar-refractivity contribution in [3.05, 3.63) is 59.2 Å². The maximum Gasteiger partial charge on any atom is 0.123 e. The van der Waals surface area contributed by atoms with Crippen molar-refractivity contribution in [1.29, 1.82) is 0 Å². The lowest BCUT2D eigenvalue weighted by Crippen LogP contribution is -2.38. The summed E-state index contributed by atoms with van der Waals surface area (Å²) < 4.78 is 6.35. The zero-order chi connectivity index (χ0) is 19.8. The molecule has 2 atom stereocenters. The Hall–Kier alpha value is -2.33. The van der Waals surface area contributed by atoms with Gasteiger partial charge in [0.1, 0.15) is 12.0 Å². The van der Waals surface area contributed by atoms with E-state index in [0.717, 1.165) is 37.8 Å². The lowest BCUT2D eigenvalue weighted by molar-refractivity contribution is -0.111. The first-order valence-electron chi connectivity index (χ1n) is 11.0. The smallest absolute Gasteiger partial charge is 0.123 e. The standard InChI is InChI=1S/C25H29NO3/c27-15-17-10-12-26(13-11-17)21-6-4-18(5-7-21)24-23-9-8-22(28)14-20(23)16-29-25(24)19-2-1-3-19/h4-9,14-15,17,19,24-25,28H,1-3,10-13,16H2/t24-,25-/m0/s1. The van der Waals surface area contributed by atoms with E-state index in [2.05, 4.69) is 35.2 Å². The Morgan fingerprint density at radius 1 is 1.00 bits per heavy atom. The average molecular weight is 392 g/mol. The number of benzene rings is 2.